The van der Waals surface area contributed by atoms with Crippen molar-refractivity contribution in [2.75, 3.05) is 13.7 Å². The molecule has 0 radical (unpaired) electrons. The molecule has 2 aromatic rings. The second-order valence-electron chi connectivity index (χ2n) is 6.97. The predicted molar refractivity (Wildman–Crippen MR) is 99.2 cm³/mol. The van der Waals surface area contributed by atoms with Crippen LogP contribution in [0.25, 0.3) is 11.1 Å². The molecule has 1 amide bonds. The van der Waals surface area contributed by atoms with Crippen molar-refractivity contribution in [1.82, 2.24) is 4.90 Å². The fourth-order valence-electron chi connectivity index (χ4n) is 3.02. The Morgan fingerprint density at radius 1 is 1.18 bits per heavy atom. The molecule has 1 saturated carbocycles. The molecule has 3 rings (SSSR count). The number of aliphatic carboxylic acids is 1. The lowest BCUT2D eigenvalue weighted by Crippen LogP contribution is -2.39. The van der Waals surface area contributed by atoms with Gasteiger partial charge in [-0.3, -0.25) is 9.59 Å². The highest BCUT2D eigenvalue weighted by molar-refractivity contribution is 5.95. The first-order valence-corrected chi connectivity index (χ1v) is 8.99. The van der Waals surface area contributed by atoms with E-state index in [0.717, 1.165) is 18.9 Å². The summed E-state index contributed by atoms with van der Waals surface area (Å²) in [5, 5.41) is 9.11. The Morgan fingerprint density at radius 2 is 1.89 bits per heavy atom. The first-order chi connectivity index (χ1) is 13.3. The van der Waals surface area contributed by atoms with E-state index in [1.54, 1.807) is 6.07 Å². The van der Waals surface area contributed by atoms with Crippen LogP contribution in [0.2, 0.25) is 0 Å². The molecule has 1 unspecified atom stereocenters. The Kier molecular flexibility index (Phi) is 5.63. The van der Waals surface area contributed by atoms with Crippen LogP contribution in [0.15, 0.2) is 36.4 Å². The molecule has 0 heterocycles. The number of benzene rings is 2. The van der Waals surface area contributed by atoms with Gasteiger partial charge in [-0.05, 0) is 42.7 Å². The summed E-state index contributed by atoms with van der Waals surface area (Å²) >= 11 is 0. The van der Waals surface area contributed by atoms with Gasteiger partial charge in [0, 0.05) is 24.2 Å². The zero-order valence-corrected chi connectivity index (χ0v) is 15.6. The van der Waals surface area contributed by atoms with Crippen molar-refractivity contribution in [3.63, 3.8) is 0 Å². The second kappa shape index (κ2) is 7.96. The van der Waals surface area contributed by atoms with Gasteiger partial charge in [-0.1, -0.05) is 13.0 Å². The minimum atomic E-state index is -1.01. The lowest BCUT2D eigenvalue weighted by Gasteiger charge is -2.24. The lowest BCUT2D eigenvalue weighted by molar-refractivity contribution is -0.141. The summed E-state index contributed by atoms with van der Waals surface area (Å²) in [6.45, 7) is 1.53. The summed E-state index contributed by atoms with van der Waals surface area (Å²) in [4.78, 5) is 25.4. The van der Waals surface area contributed by atoms with E-state index in [0.29, 0.717) is 11.3 Å². The van der Waals surface area contributed by atoms with Gasteiger partial charge in [0.1, 0.15) is 17.4 Å². The minimum absolute atomic E-state index is 0.0210. The number of carboxylic acids is 1. The van der Waals surface area contributed by atoms with Crippen LogP contribution in [0, 0.1) is 17.6 Å². The lowest BCUT2D eigenvalue weighted by atomic mass is 10.0. The molecule has 28 heavy (non-hydrogen) atoms. The summed E-state index contributed by atoms with van der Waals surface area (Å²) in [6, 6.07) is 8.10. The fraction of sp³-hybridized carbons (Fsp3) is 0.333. The van der Waals surface area contributed by atoms with Gasteiger partial charge in [0.15, 0.2) is 0 Å². The summed E-state index contributed by atoms with van der Waals surface area (Å²) in [5.41, 5.74) is 0.338. The van der Waals surface area contributed by atoms with Crippen LogP contribution in [0.1, 0.15) is 30.1 Å². The second-order valence-corrected chi connectivity index (χ2v) is 6.97. The molecular formula is C21H21F2NO4. The number of carbonyl (C=O) groups is 2. The monoisotopic (exact) mass is 389 g/mol. The molecule has 1 aliphatic carbocycles. The predicted octanol–water partition coefficient (Wildman–Crippen LogP) is 3.97. The Balaban J connectivity index is 1.87. The Labute approximate surface area is 161 Å². The largest absolute Gasteiger partial charge is 0.497 e. The van der Waals surface area contributed by atoms with E-state index in [1.807, 2.05) is 0 Å². The summed E-state index contributed by atoms with van der Waals surface area (Å²) in [7, 11) is 1.42. The van der Waals surface area contributed by atoms with E-state index < -0.39 is 29.4 Å². The first kappa shape index (κ1) is 19.8. The van der Waals surface area contributed by atoms with E-state index >= 15 is 0 Å². The number of hydrogen-bond donors (Lipinski definition) is 1. The SMILES string of the molecule is COc1ccc(-c2ccc(C(=O)N(CC(C)C(=O)O)C3CC3)c(F)c2)c(F)c1. The molecule has 1 atom stereocenters. The highest BCUT2D eigenvalue weighted by atomic mass is 19.1. The van der Waals surface area contributed by atoms with Gasteiger partial charge in [0.2, 0.25) is 0 Å². The van der Waals surface area contributed by atoms with Crippen LogP contribution in [0.3, 0.4) is 0 Å². The number of ether oxygens (including phenoxy) is 1. The quantitative estimate of drug-likeness (QED) is 0.778. The number of rotatable bonds is 7. The van der Waals surface area contributed by atoms with Crippen LogP contribution in [0.4, 0.5) is 8.78 Å². The van der Waals surface area contributed by atoms with Gasteiger partial charge in [-0.15, -0.1) is 0 Å². The Hall–Kier alpha value is -2.96. The van der Waals surface area contributed by atoms with Gasteiger partial charge in [-0.25, -0.2) is 8.78 Å². The number of amides is 1. The van der Waals surface area contributed by atoms with Gasteiger partial charge in [-0.2, -0.15) is 0 Å². The molecule has 0 aromatic heterocycles. The summed E-state index contributed by atoms with van der Waals surface area (Å²) < 4.78 is 33.9. The van der Waals surface area contributed by atoms with Gasteiger partial charge in [0.05, 0.1) is 18.6 Å². The molecule has 5 nitrogen and oxygen atoms in total. The smallest absolute Gasteiger partial charge is 0.308 e. The van der Waals surface area contributed by atoms with Crippen LogP contribution in [-0.4, -0.2) is 41.6 Å². The standard InChI is InChI=1S/C21H21F2NO4/c1-12(21(26)27)11-24(14-4-5-14)20(25)17-7-3-13(9-18(17)22)16-8-6-15(28-2)10-19(16)23/h3,6-10,12,14H,4-5,11H2,1-2H3,(H,26,27). The molecule has 7 heteroatoms. The average molecular weight is 389 g/mol. The molecule has 2 aromatic carbocycles. The molecule has 0 bridgehead atoms. The van der Waals surface area contributed by atoms with Crippen LogP contribution in [0.5, 0.6) is 5.75 Å². The molecule has 1 N–H and O–H groups in total. The topological polar surface area (TPSA) is 66.8 Å². The fourth-order valence-corrected chi connectivity index (χ4v) is 3.02. The number of nitrogens with zero attached hydrogens (tertiary/aromatic N) is 1. The molecular weight excluding hydrogens is 368 g/mol. The van der Waals surface area contributed by atoms with E-state index in [-0.39, 0.29) is 23.7 Å². The van der Waals surface area contributed by atoms with Crippen molar-refractivity contribution >= 4 is 11.9 Å². The molecule has 0 saturated heterocycles. The van der Waals surface area contributed by atoms with Crippen LogP contribution < -0.4 is 4.74 Å². The number of hydrogen-bond acceptors (Lipinski definition) is 3. The molecule has 0 spiro atoms. The van der Waals surface area contributed by atoms with Gasteiger partial charge in [0.25, 0.3) is 5.91 Å². The third kappa shape index (κ3) is 4.13. The maximum atomic E-state index is 14.7. The molecule has 1 aliphatic rings. The zero-order valence-electron chi connectivity index (χ0n) is 15.6. The Bertz CT molecular complexity index is 911. The number of methoxy groups -OCH3 is 1. The van der Waals surface area contributed by atoms with E-state index in [4.69, 9.17) is 9.84 Å². The maximum Gasteiger partial charge on any atom is 0.308 e. The summed E-state index contributed by atoms with van der Waals surface area (Å²) in [5.74, 6) is -3.29. The van der Waals surface area contributed by atoms with Gasteiger partial charge < -0.3 is 14.7 Å². The van der Waals surface area contributed by atoms with Gasteiger partial charge >= 0.3 is 5.97 Å². The number of halogens is 2. The Morgan fingerprint density at radius 3 is 2.43 bits per heavy atom. The zero-order chi connectivity index (χ0) is 20.4. The highest BCUT2D eigenvalue weighted by Crippen LogP contribution is 2.31. The van der Waals surface area contributed by atoms with Crippen molar-refractivity contribution in [1.29, 1.82) is 0 Å². The van der Waals surface area contributed by atoms with Crippen molar-refractivity contribution in [3.05, 3.63) is 53.6 Å². The summed E-state index contributed by atoms with van der Waals surface area (Å²) in [6.07, 6.45) is 1.55. The van der Waals surface area contributed by atoms with Crippen molar-refractivity contribution in [3.8, 4) is 16.9 Å². The molecule has 0 aliphatic heterocycles. The third-order valence-electron chi connectivity index (χ3n) is 4.83. The number of carboxylic acid groups (broad SMARTS) is 1. The van der Waals surface area contributed by atoms with Crippen LogP contribution >= 0.6 is 0 Å². The van der Waals surface area contributed by atoms with Crippen LogP contribution in [-0.2, 0) is 4.79 Å². The van der Waals surface area contributed by atoms with Crippen molar-refractivity contribution in [2.24, 2.45) is 5.92 Å². The molecule has 148 valence electrons. The van der Waals surface area contributed by atoms with Crippen molar-refractivity contribution < 1.29 is 28.2 Å². The van der Waals surface area contributed by atoms with E-state index in [2.05, 4.69) is 0 Å². The van der Waals surface area contributed by atoms with Crippen molar-refractivity contribution in [2.45, 2.75) is 25.8 Å². The first-order valence-electron chi connectivity index (χ1n) is 8.99. The highest BCUT2D eigenvalue weighted by Gasteiger charge is 2.35. The van der Waals surface area contributed by atoms with E-state index in [9.17, 15) is 18.4 Å². The normalized spacial score (nSPS) is 14.4. The number of carbonyl (C=O) groups excluding carboxylic acids is 1. The maximum absolute atomic E-state index is 14.7. The third-order valence-corrected chi connectivity index (χ3v) is 4.83. The minimum Gasteiger partial charge on any atom is -0.497 e. The molecule has 1 fully saturated rings. The van der Waals surface area contributed by atoms with E-state index in [1.165, 1.54) is 43.2 Å². The average Bonchev–Trinajstić information content (AvgIpc) is 3.50.